The van der Waals surface area contributed by atoms with Crippen LogP contribution in [-0.4, -0.2) is 34.4 Å². The Kier molecular flexibility index (Phi) is 5.76. The van der Waals surface area contributed by atoms with Gasteiger partial charge in [-0.1, -0.05) is 30.3 Å². The highest BCUT2D eigenvalue weighted by atomic mass is 32.2. The van der Waals surface area contributed by atoms with E-state index in [2.05, 4.69) is 10.2 Å². The summed E-state index contributed by atoms with van der Waals surface area (Å²) in [6.07, 6.45) is 5.63. The molecule has 7 heteroatoms. The van der Waals surface area contributed by atoms with Crippen LogP contribution in [-0.2, 0) is 16.0 Å². The Morgan fingerprint density at radius 1 is 1.03 bits per heavy atom. The van der Waals surface area contributed by atoms with Gasteiger partial charge >= 0.3 is 0 Å². The number of benzene rings is 2. The van der Waals surface area contributed by atoms with Crippen molar-refractivity contribution >= 4 is 40.1 Å². The van der Waals surface area contributed by atoms with Gasteiger partial charge < -0.3 is 14.8 Å². The third-order valence-corrected chi connectivity index (χ3v) is 6.86. The fourth-order valence-corrected chi connectivity index (χ4v) is 4.92. The normalized spacial score (nSPS) is 20.3. The van der Waals surface area contributed by atoms with E-state index in [0.29, 0.717) is 11.3 Å². The molecule has 1 atom stereocenters. The van der Waals surface area contributed by atoms with Crippen molar-refractivity contribution in [1.82, 2.24) is 4.90 Å². The average Bonchev–Trinajstić information content (AvgIpc) is 3.53. The quantitative estimate of drug-likeness (QED) is 0.693. The third-order valence-electron chi connectivity index (χ3n) is 6.01. The Bertz CT molecular complexity index is 1090. The number of hydrogen-bond acceptors (Lipinski definition) is 4. The second-order valence-electron chi connectivity index (χ2n) is 8.35. The van der Waals surface area contributed by atoms with Crippen LogP contribution in [0.4, 0.5) is 11.4 Å². The van der Waals surface area contributed by atoms with Crippen LogP contribution in [0.15, 0.2) is 65.5 Å². The fourth-order valence-electron chi connectivity index (χ4n) is 4.13. The van der Waals surface area contributed by atoms with Crippen molar-refractivity contribution < 1.29 is 14.1 Å². The zero-order valence-electron chi connectivity index (χ0n) is 17.7. The molecule has 0 bridgehead atoms. The summed E-state index contributed by atoms with van der Waals surface area (Å²) >= 11 is -1.28. The molecule has 2 heterocycles. The monoisotopic (exact) mass is 447 g/mol. The highest BCUT2D eigenvalue weighted by Gasteiger charge is 2.31. The van der Waals surface area contributed by atoms with E-state index in [9.17, 15) is 14.1 Å². The molecule has 0 spiro atoms. The third kappa shape index (κ3) is 4.31. The first kappa shape index (κ1) is 20.8. The van der Waals surface area contributed by atoms with Gasteiger partial charge in [0.2, 0.25) is 5.91 Å². The lowest BCUT2D eigenvalue weighted by molar-refractivity contribution is -0.117. The minimum atomic E-state index is -1.28. The Morgan fingerprint density at radius 3 is 2.50 bits per heavy atom. The maximum absolute atomic E-state index is 13.7. The molecule has 2 aromatic rings. The fraction of sp³-hybridized carbons (Fsp3) is 0.280. The maximum atomic E-state index is 13.7. The molecule has 3 aliphatic rings. The van der Waals surface area contributed by atoms with Crippen LogP contribution in [0.25, 0.3) is 5.70 Å². The molecule has 164 valence electrons. The molecule has 2 amide bonds. The highest BCUT2D eigenvalue weighted by Crippen LogP contribution is 2.34. The highest BCUT2D eigenvalue weighted by molar-refractivity contribution is 7.97. The summed E-state index contributed by atoms with van der Waals surface area (Å²) in [5.74, 6) is -0.0216. The first-order valence-electron chi connectivity index (χ1n) is 11.0. The van der Waals surface area contributed by atoms with Crippen molar-refractivity contribution in [2.75, 3.05) is 23.3 Å². The topological polar surface area (TPSA) is 75.7 Å². The molecule has 0 aromatic heterocycles. The molecule has 1 unspecified atom stereocenters. The van der Waals surface area contributed by atoms with Gasteiger partial charge in [0.15, 0.2) is 0 Å². The molecule has 2 fully saturated rings. The summed E-state index contributed by atoms with van der Waals surface area (Å²) in [7, 11) is 0. The Balaban J connectivity index is 1.49. The standard InChI is InChI=1S/C25H25N3O3S/c29-24(19-8-9-19)26-20-10-11-21(22(16-20)27-12-4-5-13-27)25(30)28-14-15-32(31)17-23(28)18-6-2-1-3-7-18/h1-3,6-7,10-11,14-17,19H,4-5,8-9,12-13H2,(H,26,29). The first-order valence-corrected chi connectivity index (χ1v) is 12.3. The number of rotatable bonds is 5. The summed E-state index contributed by atoms with van der Waals surface area (Å²) in [6, 6.07) is 15.0. The maximum Gasteiger partial charge on any atom is 0.264 e. The molecule has 5 rings (SSSR count). The van der Waals surface area contributed by atoms with Crippen LogP contribution < -0.4 is 10.2 Å². The molecule has 2 aromatic carbocycles. The van der Waals surface area contributed by atoms with Crippen molar-refractivity contribution in [3.63, 3.8) is 0 Å². The summed E-state index contributed by atoms with van der Waals surface area (Å²) in [5, 5.41) is 6.12. The van der Waals surface area contributed by atoms with E-state index in [0.717, 1.165) is 55.7 Å². The number of amides is 2. The van der Waals surface area contributed by atoms with Crippen LogP contribution in [0.2, 0.25) is 0 Å². The lowest BCUT2D eigenvalue weighted by Gasteiger charge is -2.27. The van der Waals surface area contributed by atoms with Crippen LogP contribution in [0.1, 0.15) is 41.6 Å². The molecule has 32 heavy (non-hydrogen) atoms. The van der Waals surface area contributed by atoms with E-state index < -0.39 is 11.2 Å². The smallest absolute Gasteiger partial charge is 0.264 e. The molecule has 0 radical (unpaired) electrons. The first-order chi connectivity index (χ1) is 15.6. The van der Waals surface area contributed by atoms with Crippen LogP contribution >= 0.6 is 0 Å². The molecule has 1 saturated heterocycles. The summed E-state index contributed by atoms with van der Waals surface area (Å²) in [6.45, 7) is 1.75. The van der Waals surface area contributed by atoms with Crippen molar-refractivity contribution in [2.24, 2.45) is 5.92 Å². The summed E-state index contributed by atoms with van der Waals surface area (Å²) < 4.78 is 12.2. The number of anilines is 2. The zero-order valence-corrected chi connectivity index (χ0v) is 18.5. The lowest BCUT2D eigenvalue weighted by atomic mass is 10.1. The molecule has 2 aliphatic heterocycles. The van der Waals surface area contributed by atoms with Gasteiger partial charge in [0.25, 0.3) is 5.91 Å². The SMILES string of the molecule is O=C(Nc1ccc(C(=O)N2C=C[S+]([O-])C=C2c2ccccc2)c(N2CCCC2)c1)C1CC1. The minimum Gasteiger partial charge on any atom is -0.607 e. The van der Waals surface area contributed by atoms with Crippen molar-refractivity contribution in [3.8, 4) is 0 Å². The minimum absolute atomic E-state index is 0.0483. The van der Waals surface area contributed by atoms with Gasteiger partial charge in [-0.25, -0.2) is 0 Å². The van der Waals surface area contributed by atoms with Crippen LogP contribution in [0.3, 0.4) is 0 Å². The Morgan fingerprint density at radius 2 is 1.78 bits per heavy atom. The number of nitrogens with zero attached hydrogens (tertiary/aromatic N) is 2. The number of nitrogens with one attached hydrogen (secondary N) is 1. The number of carbonyl (C=O) groups is 2. The predicted molar refractivity (Wildman–Crippen MR) is 127 cm³/mol. The van der Waals surface area contributed by atoms with Crippen molar-refractivity contribution in [3.05, 3.63) is 76.7 Å². The van der Waals surface area contributed by atoms with Gasteiger partial charge in [0.05, 0.1) is 17.5 Å². The van der Waals surface area contributed by atoms with Gasteiger partial charge in [0, 0.05) is 41.4 Å². The van der Waals surface area contributed by atoms with Crippen molar-refractivity contribution in [2.45, 2.75) is 25.7 Å². The molecule has 6 nitrogen and oxygen atoms in total. The van der Waals surface area contributed by atoms with Gasteiger partial charge in [-0.2, -0.15) is 0 Å². The number of carbonyl (C=O) groups excluding carboxylic acids is 2. The molecule has 1 aliphatic carbocycles. The summed E-state index contributed by atoms with van der Waals surface area (Å²) in [5.41, 5.74) is 3.54. The van der Waals surface area contributed by atoms with E-state index in [1.807, 2.05) is 36.4 Å². The van der Waals surface area contributed by atoms with E-state index in [4.69, 9.17) is 0 Å². The average molecular weight is 448 g/mol. The van der Waals surface area contributed by atoms with Crippen molar-refractivity contribution in [1.29, 1.82) is 0 Å². The second-order valence-corrected chi connectivity index (χ2v) is 9.51. The second kappa shape index (κ2) is 8.84. The van der Waals surface area contributed by atoms with E-state index in [1.165, 1.54) is 5.41 Å². The molecular weight excluding hydrogens is 422 g/mol. The van der Waals surface area contributed by atoms with Crippen LogP contribution in [0.5, 0.6) is 0 Å². The zero-order chi connectivity index (χ0) is 22.1. The van der Waals surface area contributed by atoms with Gasteiger partial charge in [-0.15, -0.1) is 0 Å². The van der Waals surface area contributed by atoms with Gasteiger partial charge in [-0.3, -0.25) is 14.5 Å². The van der Waals surface area contributed by atoms with E-state index >= 15 is 0 Å². The van der Waals surface area contributed by atoms with Gasteiger partial charge in [0.1, 0.15) is 16.5 Å². The molecular formula is C25H25N3O3S. The van der Waals surface area contributed by atoms with E-state index in [-0.39, 0.29) is 17.7 Å². The predicted octanol–water partition coefficient (Wildman–Crippen LogP) is 4.31. The van der Waals surface area contributed by atoms with Gasteiger partial charge in [-0.05, 0) is 43.9 Å². The summed E-state index contributed by atoms with van der Waals surface area (Å²) in [4.78, 5) is 29.8. The Labute approximate surface area is 190 Å². The Hall–Kier alpha value is -3.03. The largest absolute Gasteiger partial charge is 0.607 e. The van der Waals surface area contributed by atoms with Crippen LogP contribution in [0, 0.1) is 5.92 Å². The number of hydrogen-bond donors (Lipinski definition) is 1. The van der Waals surface area contributed by atoms with E-state index in [1.54, 1.807) is 28.6 Å². The lowest BCUT2D eigenvalue weighted by Crippen LogP contribution is -2.30. The molecule has 1 saturated carbocycles. The molecule has 1 N–H and O–H groups in total.